The topological polar surface area (TPSA) is 18.5 Å². The van der Waals surface area contributed by atoms with Crippen molar-refractivity contribution in [1.82, 2.24) is 0 Å². The molecule has 98 valence electrons. The van der Waals surface area contributed by atoms with E-state index in [2.05, 4.69) is 0 Å². The zero-order valence-electron chi connectivity index (χ0n) is 10.4. The molecule has 0 radical (unpaired) electrons. The van der Waals surface area contributed by atoms with Gasteiger partial charge < -0.3 is 9.47 Å². The van der Waals surface area contributed by atoms with Crippen molar-refractivity contribution in [3.8, 4) is 17.2 Å². The van der Waals surface area contributed by atoms with Gasteiger partial charge in [-0.1, -0.05) is 23.9 Å². The molecule has 1 aliphatic heterocycles. The Hall–Kier alpha value is -1.68. The van der Waals surface area contributed by atoms with E-state index in [1.165, 1.54) is 0 Å². The van der Waals surface area contributed by atoms with E-state index in [9.17, 15) is 4.39 Å². The molecule has 0 amide bonds. The number of fused-ring (bicyclic) bond motifs is 2. The van der Waals surface area contributed by atoms with Crippen LogP contribution >= 0.6 is 11.8 Å². The van der Waals surface area contributed by atoms with Crippen molar-refractivity contribution in [2.24, 2.45) is 0 Å². The van der Waals surface area contributed by atoms with E-state index in [0.29, 0.717) is 5.75 Å². The second-order valence-electron chi connectivity index (χ2n) is 4.34. The SMILES string of the molecule is CC(CF)Oc1ccc2c(c1)Oc1ccccc1S2. The van der Waals surface area contributed by atoms with Crippen molar-refractivity contribution < 1.29 is 13.9 Å². The quantitative estimate of drug-likeness (QED) is 0.692. The molecular formula is C15H13FO2S. The van der Waals surface area contributed by atoms with Gasteiger partial charge >= 0.3 is 0 Å². The predicted molar refractivity (Wildman–Crippen MR) is 73.1 cm³/mol. The molecule has 3 rings (SSSR count). The largest absolute Gasteiger partial charge is 0.488 e. The van der Waals surface area contributed by atoms with Crippen LogP contribution in [0.5, 0.6) is 17.2 Å². The zero-order valence-corrected chi connectivity index (χ0v) is 11.2. The molecule has 1 aliphatic rings. The van der Waals surface area contributed by atoms with Crippen LogP contribution in [0.3, 0.4) is 0 Å². The number of hydrogen-bond acceptors (Lipinski definition) is 3. The molecule has 0 saturated carbocycles. The molecule has 4 heteroatoms. The molecule has 0 fully saturated rings. The van der Waals surface area contributed by atoms with E-state index in [-0.39, 0.29) is 0 Å². The highest BCUT2D eigenvalue weighted by Crippen LogP contribution is 2.47. The Kier molecular flexibility index (Phi) is 3.34. The molecule has 2 aromatic rings. The number of hydrogen-bond donors (Lipinski definition) is 0. The van der Waals surface area contributed by atoms with E-state index >= 15 is 0 Å². The molecule has 0 spiro atoms. The summed E-state index contributed by atoms with van der Waals surface area (Å²) >= 11 is 1.66. The molecule has 2 aromatic carbocycles. The van der Waals surface area contributed by atoms with E-state index in [1.54, 1.807) is 18.7 Å². The second-order valence-corrected chi connectivity index (χ2v) is 5.43. The van der Waals surface area contributed by atoms with Gasteiger partial charge in [0.2, 0.25) is 0 Å². The summed E-state index contributed by atoms with van der Waals surface area (Å²) in [6.45, 7) is 1.19. The number of benzene rings is 2. The third-order valence-corrected chi connectivity index (χ3v) is 3.87. The number of rotatable bonds is 3. The molecule has 2 nitrogen and oxygen atoms in total. The molecule has 19 heavy (non-hydrogen) atoms. The summed E-state index contributed by atoms with van der Waals surface area (Å²) in [6, 6.07) is 13.5. The van der Waals surface area contributed by atoms with Crippen molar-refractivity contribution in [2.45, 2.75) is 22.8 Å². The zero-order chi connectivity index (χ0) is 13.2. The fourth-order valence-electron chi connectivity index (χ4n) is 1.85. The van der Waals surface area contributed by atoms with Crippen LogP contribution in [0.1, 0.15) is 6.92 Å². The third-order valence-electron chi connectivity index (χ3n) is 2.76. The molecule has 0 aromatic heterocycles. The lowest BCUT2D eigenvalue weighted by molar-refractivity contribution is 0.181. The number of para-hydroxylation sites is 1. The Labute approximate surface area is 115 Å². The molecule has 1 atom stereocenters. The van der Waals surface area contributed by atoms with Crippen molar-refractivity contribution in [1.29, 1.82) is 0 Å². The highest BCUT2D eigenvalue weighted by molar-refractivity contribution is 7.99. The fraction of sp³-hybridized carbons (Fsp3) is 0.200. The van der Waals surface area contributed by atoms with Crippen LogP contribution in [0.15, 0.2) is 52.3 Å². The Balaban J connectivity index is 1.87. The van der Waals surface area contributed by atoms with Crippen LogP contribution in [0.4, 0.5) is 4.39 Å². The first-order valence-corrected chi connectivity index (χ1v) is 6.89. The van der Waals surface area contributed by atoms with Gasteiger partial charge in [0.1, 0.15) is 30.0 Å². The van der Waals surface area contributed by atoms with Gasteiger partial charge in [-0.05, 0) is 31.2 Å². The van der Waals surface area contributed by atoms with E-state index < -0.39 is 12.8 Å². The molecule has 0 N–H and O–H groups in total. The first-order valence-electron chi connectivity index (χ1n) is 6.07. The minimum atomic E-state index is -0.504. The smallest absolute Gasteiger partial charge is 0.145 e. The van der Waals surface area contributed by atoms with Crippen LogP contribution < -0.4 is 9.47 Å². The standard InChI is InChI=1S/C15H13FO2S/c1-10(9-16)17-11-6-7-15-13(8-11)18-12-4-2-3-5-14(12)19-15/h2-8,10H,9H2,1H3. The third kappa shape index (κ3) is 2.54. The molecule has 1 heterocycles. The van der Waals surface area contributed by atoms with Crippen LogP contribution in [-0.2, 0) is 0 Å². The summed E-state index contributed by atoms with van der Waals surface area (Å²) in [6.07, 6.45) is -0.443. The van der Waals surface area contributed by atoms with Crippen LogP contribution in [0, 0.1) is 0 Å². The van der Waals surface area contributed by atoms with E-state index in [0.717, 1.165) is 21.3 Å². The summed E-state index contributed by atoms with van der Waals surface area (Å²) in [4.78, 5) is 2.14. The molecule has 1 unspecified atom stereocenters. The molecular weight excluding hydrogens is 263 g/mol. The second kappa shape index (κ2) is 5.13. The average molecular weight is 276 g/mol. The van der Waals surface area contributed by atoms with Gasteiger partial charge in [-0.15, -0.1) is 0 Å². The van der Waals surface area contributed by atoms with Gasteiger partial charge in [-0.25, -0.2) is 4.39 Å². The van der Waals surface area contributed by atoms with Gasteiger partial charge in [0.15, 0.2) is 0 Å². The highest BCUT2D eigenvalue weighted by atomic mass is 32.2. The summed E-state index contributed by atoms with van der Waals surface area (Å²) in [5, 5.41) is 0. The lowest BCUT2D eigenvalue weighted by Crippen LogP contribution is -2.13. The normalized spacial score (nSPS) is 14.0. The Morgan fingerprint density at radius 1 is 1.16 bits per heavy atom. The lowest BCUT2D eigenvalue weighted by Gasteiger charge is -2.20. The Morgan fingerprint density at radius 3 is 2.79 bits per heavy atom. The summed E-state index contributed by atoms with van der Waals surface area (Å²) in [7, 11) is 0. The van der Waals surface area contributed by atoms with Crippen LogP contribution in [0.25, 0.3) is 0 Å². The Bertz CT molecular complexity index is 600. The maximum absolute atomic E-state index is 12.4. The predicted octanol–water partition coefficient (Wildman–Crippen LogP) is 4.68. The minimum Gasteiger partial charge on any atom is -0.488 e. The Morgan fingerprint density at radius 2 is 1.95 bits per heavy atom. The van der Waals surface area contributed by atoms with Crippen molar-refractivity contribution in [3.63, 3.8) is 0 Å². The number of alkyl halides is 1. The first-order chi connectivity index (χ1) is 9.26. The van der Waals surface area contributed by atoms with Gasteiger partial charge in [0.25, 0.3) is 0 Å². The van der Waals surface area contributed by atoms with Gasteiger partial charge in [-0.3, -0.25) is 0 Å². The maximum atomic E-state index is 12.4. The van der Waals surface area contributed by atoms with Crippen molar-refractivity contribution in [3.05, 3.63) is 42.5 Å². The molecule has 0 saturated heterocycles. The van der Waals surface area contributed by atoms with Gasteiger partial charge in [0.05, 0.1) is 9.79 Å². The highest BCUT2D eigenvalue weighted by Gasteiger charge is 2.18. The lowest BCUT2D eigenvalue weighted by atomic mass is 10.3. The molecule has 0 aliphatic carbocycles. The van der Waals surface area contributed by atoms with E-state index in [4.69, 9.17) is 9.47 Å². The first kappa shape index (κ1) is 12.4. The van der Waals surface area contributed by atoms with Crippen LogP contribution in [0.2, 0.25) is 0 Å². The number of ether oxygens (including phenoxy) is 2. The average Bonchev–Trinajstić information content (AvgIpc) is 2.45. The van der Waals surface area contributed by atoms with Gasteiger partial charge in [-0.2, -0.15) is 0 Å². The summed E-state index contributed by atoms with van der Waals surface area (Å²) in [5.41, 5.74) is 0. The van der Waals surface area contributed by atoms with Crippen molar-refractivity contribution in [2.75, 3.05) is 6.67 Å². The van der Waals surface area contributed by atoms with Crippen LogP contribution in [-0.4, -0.2) is 12.8 Å². The minimum absolute atomic E-state index is 0.443. The monoisotopic (exact) mass is 276 g/mol. The van der Waals surface area contributed by atoms with E-state index in [1.807, 2.05) is 42.5 Å². The fourth-order valence-corrected chi connectivity index (χ4v) is 2.78. The summed E-state index contributed by atoms with van der Waals surface area (Å²) in [5.74, 6) is 2.23. The van der Waals surface area contributed by atoms with Crippen molar-refractivity contribution >= 4 is 11.8 Å². The van der Waals surface area contributed by atoms with Gasteiger partial charge in [0, 0.05) is 6.07 Å². The maximum Gasteiger partial charge on any atom is 0.145 e. The number of halogens is 1. The molecule has 0 bridgehead atoms. The summed E-state index contributed by atoms with van der Waals surface area (Å²) < 4.78 is 23.7.